The number of nitrogens with zero attached hydrogens (tertiary/aromatic N) is 1. The molecule has 7 nitrogen and oxygen atoms in total. The van der Waals surface area contributed by atoms with E-state index in [1.807, 2.05) is 0 Å². The van der Waals surface area contributed by atoms with Crippen LogP contribution < -0.4 is 10.5 Å². The van der Waals surface area contributed by atoms with E-state index in [9.17, 15) is 22.9 Å². The van der Waals surface area contributed by atoms with Gasteiger partial charge in [0.1, 0.15) is 4.90 Å². The number of nitro benzene ring substituents is 1. The largest absolute Gasteiger partial charge is 0.397 e. The SMILES string of the molecule is CCC(C)NS(=O)(=O)c1c(N)cc([N+](=O)[O-])cc1F. The molecule has 1 rings (SSSR count). The zero-order chi connectivity index (χ0) is 14.8. The van der Waals surface area contributed by atoms with E-state index in [0.29, 0.717) is 12.5 Å². The molecule has 0 saturated carbocycles. The molecular formula is C10H14FN3O4S. The summed E-state index contributed by atoms with van der Waals surface area (Å²) in [6.07, 6.45) is 0.508. The summed E-state index contributed by atoms with van der Waals surface area (Å²) in [6.45, 7) is 3.36. The van der Waals surface area contributed by atoms with Crippen molar-refractivity contribution in [1.29, 1.82) is 0 Å². The lowest BCUT2D eigenvalue weighted by Crippen LogP contribution is -2.33. The van der Waals surface area contributed by atoms with E-state index in [2.05, 4.69) is 4.72 Å². The predicted octanol–water partition coefficient (Wildman–Crippen LogP) is 1.39. The molecule has 0 aromatic heterocycles. The molecule has 19 heavy (non-hydrogen) atoms. The summed E-state index contributed by atoms with van der Waals surface area (Å²) in [7, 11) is -4.15. The second-order valence-electron chi connectivity index (χ2n) is 4.03. The quantitative estimate of drug-likeness (QED) is 0.483. The van der Waals surface area contributed by atoms with Gasteiger partial charge in [0.2, 0.25) is 10.0 Å². The third kappa shape index (κ3) is 3.38. The number of non-ortho nitro benzene ring substituents is 1. The summed E-state index contributed by atoms with van der Waals surface area (Å²) in [4.78, 5) is 8.89. The molecular weight excluding hydrogens is 277 g/mol. The van der Waals surface area contributed by atoms with E-state index in [-0.39, 0.29) is 0 Å². The van der Waals surface area contributed by atoms with E-state index in [1.165, 1.54) is 0 Å². The first-order valence-corrected chi connectivity index (χ1v) is 6.93. The van der Waals surface area contributed by atoms with Crippen LogP contribution in [0.2, 0.25) is 0 Å². The van der Waals surface area contributed by atoms with E-state index < -0.39 is 43.1 Å². The number of halogens is 1. The Morgan fingerprint density at radius 1 is 1.53 bits per heavy atom. The number of hydrogen-bond acceptors (Lipinski definition) is 5. The summed E-state index contributed by atoms with van der Waals surface area (Å²) in [5, 5.41) is 10.5. The highest BCUT2D eigenvalue weighted by Crippen LogP contribution is 2.27. The van der Waals surface area contributed by atoms with Crippen LogP contribution in [0.1, 0.15) is 20.3 Å². The summed E-state index contributed by atoms with van der Waals surface area (Å²) >= 11 is 0. The Labute approximate surface area is 109 Å². The predicted molar refractivity (Wildman–Crippen MR) is 67.5 cm³/mol. The molecule has 1 atom stereocenters. The highest BCUT2D eigenvalue weighted by molar-refractivity contribution is 7.89. The molecule has 1 aromatic carbocycles. The van der Waals surface area contributed by atoms with Crippen molar-refractivity contribution in [1.82, 2.24) is 4.72 Å². The maximum Gasteiger partial charge on any atom is 0.274 e. The van der Waals surface area contributed by atoms with Crippen LogP contribution in [0.15, 0.2) is 17.0 Å². The Kier molecular flexibility index (Phi) is 4.43. The highest BCUT2D eigenvalue weighted by atomic mass is 32.2. The average molecular weight is 291 g/mol. The number of benzene rings is 1. The molecule has 0 spiro atoms. The number of anilines is 1. The normalized spacial score (nSPS) is 13.2. The van der Waals surface area contributed by atoms with Crippen molar-refractivity contribution in [2.24, 2.45) is 0 Å². The Hall–Kier alpha value is -1.74. The van der Waals surface area contributed by atoms with Gasteiger partial charge in [-0.15, -0.1) is 0 Å². The summed E-state index contributed by atoms with van der Waals surface area (Å²) in [5.41, 5.74) is 4.30. The molecule has 1 aromatic rings. The summed E-state index contributed by atoms with van der Waals surface area (Å²) in [5.74, 6) is -1.25. The zero-order valence-electron chi connectivity index (χ0n) is 10.4. The maximum absolute atomic E-state index is 13.7. The Morgan fingerprint density at radius 2 is 2.11 bits per heavy atom. The van der Waals surface area contributed by atoms with Crippen molar-refractivity contribution < 1.29 is 17.7 Å². The van der Waals surface area contributed by atoms with Crippen molar-refractivity contribution in [3.63, 3.8) is 0 Å². The molecule has 0 bridgehead atoms. The molecule has 0 fully saturated rings. The van der Waals surface area contributed by atoms with Crippen LogP contribution in [0.3, 0.4) is 0 Å². The van der Waals surface area contributed by atoms with Crippen molar-refractivity contribution in [3.8, 4) is 0 Å². The van der Waals surface area contributed by atoms with Gasteiger partial charge in [-0.25, -0.2) is 17.5 Å². The number of rotatable bonds is 5. The monoisotopic (exact) mass is 291 g/mol. The summed E-state index contributed by atoms with van der Waals surface area (Å²) in [6, 6.07) is 0.939. The molecule has 0 saturated heterocycles. The molecule has 106 valence electrons. The van der Waals surface area contributed by atoms with Gasteiger partial charge in [-0.1, -0.05) is 6.92 Å². The van der Waals surface area contributed by atoms with Gasteiger partial charge in [0.15, 0.2) is 5.82 Å². The fourth-order valence-electron chi connectivity index (χ4n) is 1.40. The van der Waals surface area contributed by atoms with Gasteiger partial charge in [-0.3, -0.25) is 10.1 Å². The molecule has 0 heterocycles. The van der Waals surface area contributed by atoms with E-state index >= 15 is 0 Å². The number of nitrogens with one attached hydrogen (secondary N) is 1. The summed E-state index contributed by atoms with van der Waals surface area (Å²) < 4.78 is 39.8. The Bertz CT molecular complexity index is 580. The van der Waals surface area contributed by atoms with Crippen LogP contribution in [-0.4, -0.2) is 19.4 Å². The molecule has 0 radical (unpaired) electrons. The highest BCUT2D eigenvalue weighted by Gasteiger charge is 2.26. The number of hydrogen-bond donors (Lipinski definition) is 2. The van der Waals surface area contributed by atoms with E-state index in [0.717, 1.165) is 6.07 Å². The van der Waals surface area contributed by atoms with Crippen molar-refractivity contribution in [2.45, 2.75) is 31.2 Å². The molecule has 1 unspecified atom stereocenters. The maximum atomic E-state index is 13.7. The molecule has 0 aliphatic rings. The Morgan fingerprint density at radius 3 is 2.53 bits per heavy atom. The topological polar surface area (TPSA) is 115 Å². The van der Waals surface area contributed by atoms with Crippen LogP contribution in [0, 0.1) is 15.9 Å². The number of nitrogen functional groups attached to an aromatic ring is 1. The standard InChI is InChI=1S/C10H14FN3O4S/c1-3-6(2)13-19(17,18)10-8(11)4-7(14(15)16)5-9(10)12/h4-6,13H,3,12H2,1-2H3. The van der Waals surface area contributed by atoms with Crippen molar-refractivity contribution in [2.75, 3.05) is 5.73 Å². The van der Waals surface area contributed by atoms with Crippen LogP contribution in [-0.2, 0) is 10.0 Å². The third-order valence-electron chi connectivity index (χ3n) is 2.51. The fraction of sp³-hybridized carbons (Fsp3) is 0.400. The van der Waals surface area contributed by atoms with Crippen LogP contribution in [0.25, 0.3) is 0 Å². The minimum absolute atomic E-state index is 0.404. The van der Waals surface area contributed by atoms with Gasteiger partial charge in [-0.2, -0.15) is 0 Å². The van der Waals surface area contributed by atoms with E-state index in [1.54, 1.807) is 13.8 Å². The minimum Gasteiger partial charge on any atom is -0.397 e. The van der Waals surface area contributed by atoms with Gasteiger partial charge >= 0.3 is 0 Å². The number of nitro groups is 1. The second-order valence-corrected chi connectivity index (χ2v) is 5.68. The van der Waals surface area contributed by atoms with Crippen molar-refractivity contribution >= 4 is 21.4 Å². The van der Waals surface area contributed by atoms with E-state index in [4.69, 9.17) is 5.73 Å². The first-order valence-electron chi connectivity index (χ1n) is 5.44. The lowest BCUT2D eigenvalue weighted by Gasteiger charge is -2.14. The van der Waals surface area contributed by atoms with Crippen LogP contribution in [0.5, 0.6) is 0 Å². The lowest BCUT2D eigenvalue weighted by molar-refractivity contribution is -0.385. The number of nitrogens with two attached hydrogens (primary N) is 1. The van der Waals surface area contributed by atoms with Crippen molar-refractivity contribution in [3.05, 3.63) is 28.1 Å². The third-order valence-corrected chi connectivity index (χ3v) is 4.19. The first kappa shape index (κ1) is 15.3. The van der Waals surface area contributed by atoms with Crippen LogP contribution in [0.4, 0.5) is 15.8 Å². The lowest BCUT2D eigenvalue weighted by atomic mass is 10.3. The molecule has 0 amide bonds. The smallest absolute Gasteiger partial charge is 0.274 e. The molecule has 0 aliphatic carbocycles. The van der Waals surface area contributed by atoms with Gasteiger partial charge in [0.25, 0.3) is 5.69 Å². The van der Waals surface area contributed by atoms with Gasteiger partial charge in [-0.05, 0) is 13.3 Å². The van der Waals surface area contributed by atoms with Gasteiger partial charge < -0.3 is 5.73 Å². The second kappa shape index (κ2) is 5.49. The average Bonchev–Trinajstić information content (AvgIpc) is 2.26. The molecule has 0 aliphatic heterocycles. The van der Waals surface area contributed by atoms with Gasteiger partial charge in [0.05, 0.1) is 16.7 Å². The zero-order valence-corrected chi connectivity index (χ0v) is 11.2. The molecule has 3 N–H and O–H groups in total. The van der Waals surface area contributed by atoms with Crippen LogP contribution >= 0.6 is 0 Å². The first-order chi connectivity index (χ1) is 8.69. The number of sulfonamides is 1. The molecule has 9 heteroatoms. The van der Waals surface area contributed by atoms with Gasteiger partial charge in [0, 0.05) is 12.1 Å². The minimum atomic E-state index is -4.15. The Balaban J connectivity index is 3.32. The fourth-order valence-corrected chi connectivity index (χ4v) is 2.89.